The molecule has 1 atom stereocenters. The lowest BCUT2D eigenvalue weighted by Crippen LogP contribution is -2.43. The minimum atomic E-state index is -1.63. The van der Waals surface area contributed by atoms with Gasteiger partial charge in [-0.2, -0.15) is 0 Å². The van der Waals surface area contributed by atoms with Gasteiger partial charge in [-0.25, -0.2) is 4.79 Å². The Morgan fingerprint density at radius 1 is 1.32 bits per heavy atom. The Labute approximate surface area is 131 Å². The highest BCUT2D eigenvalue weighted by atomic mass is 28.3. The van der Waals surface area contributed by atoms with Crippen molar-refractivity contribution in [2.45, 2.75) is 25.7 Å². The number of rotatable bonds is 1. The number of fused-ring (bicyclic) bond motifs is 1. The lowest BCUT2D eigenvalue weighted by Gasteiger charge is -2.32. The summed E-state index contributed by atoms with van der Waals surface area (Å²) in [6.07, 6.45) is 2.02. The van der Waals surface area contributed by atoms with Crippen molar-refractivity contribution >= 4 is 32.2 Å². The third kappa shape index (κ3) is 3.29. The summed E-state index contributed by atoms with van der Waals surface area (Å²) >= 11 is 0. The molecule has 1 aromatic rings. The molecule has 1 aliphatic rings. The molecule has 0 unspecified atom stereocenters. The van der Waals surface area contributed by atoms with Crippen molar-refractivity contribution in [1.82, 2.24) is 0 Å². The third-order valence-electron chi connectivity index (χ3n) is 3.18. The van der Waals surface area contributed by atoms with Gasteiger partial charge in [-0.1, -0.05) is 43.8 Å². The first-order valence-corrected chi connectivity index (χ1v) is 10.5. The van der Waals surface area contributed by atoms with Crippen LogP contribution >= 0.6 is 0 Å². The van der Waals surface area contributed by atoms with Crippen LogP contribution in [-0.2, 0) is 9.53 Å². The van der Waals surface area contributed by atoms with Crippen LogP contribution in [0, 0.1) is 11.5 Å². The van der Waals surface area contributed by atoms with Crippen LogP contribution < -0.4 is 4.90 Å². The normalized spacial score (nSPS) is 16.8. The molecule has 1 heterocycles. The fourth-order valence-electron chi connectivity index (χ4n) is 2.21. The van der Waals surface area contributed by atoms with Crippen molar-refractivity contribution in [2.24, 2.45) is 0 Å². The van der Waals surface area contributed by atoms with Crippen molar-refractivity contribution in [1.29, 1.82) is 0 Å². The van der Waals surface area contributed by atoms with Crippen molar-refractivity contribution in [2.75, 3.05) is 12.0 Å². The zero-order valence-corrected chi connectivity index (χ0v) is 14.2. The largest absolute Gasteiger partial charge is 0.452 e. The molecule has 0 saturated heterocycles. The number of para-hydroxylation sites is 1. The number of hydrogen-bond donors (Lipinski definition) is 0. The molecule has 22 heavy (non-hydrogen) atoms. The van der Waals surface area contributed by atoms with Crippen LogP contribution in [-0.4, -0.2) is 33.6 Å². The summed E-state index contributed by atoms with van der Waals surface area (Å²) in [5.41, 5.74) is 5.21. The Hall–Kier alpha value is -2.32. The monoisotopic (exact) mass is 313 g/mol. The number of methoxy groups -OCH3 is 1. The third-order valence-corrected chi connectivity index (χ3v) is 4.08. The van der Waals surface area contributed by atoms with Crippen LogP contribution in [0.4, 0.5) is 10.5 Å². The van der Waals surface area contributed by atoms with Crippen LogP contribution in [0.25, 0.3) is 6.08 Å². The minimum absolute atomic E-state index is 0.467. The quantitative estimate of drug-likeness (QED) is 0.455. The van der Waals surface area contributed by atoms with E-state index in [2.05, 4.69) is 31.1 Å². The number of nitrogens with zero attached hydrogens (tertiary/aromatic N) is 1. The van der Waals surface area contributed by atoms with E-state index in [9.17, 15) is 9.59 Å². The van der Waals surface area contributed by atoms with Gasteiger partial charge in [0.1, 0.15) is 20.4 Å². The minimum Gasteiger partial charge on any atom is -0.452 e. The molecule has 0 radical (unpaired) electrons. The topological polar surface area (TPSA) is 46.6 Å². The van der Waals surface area contributed by atoms with Crippen LogP contribution in [0.15, 0.2) is 29.8 Å². The van der Waals surface area contributed by atoms with Gasteiger partial charge in [0.15, 0.2) is 0 Å². The number of aldehydes is 1. The standard InChI is InChI=1S/C17H19NO3Si/c1-21-17(20)18-15-8-6-5-7-13(15)11-14(12-19)16(18)9-10-22(2,3)4/h5-8,11-12,16H,1-4H3/t16-/m1/s1. The maximum Gasteiger partial charge on any atom is 0.415 e. The first kappa shape index (κ1) is 16.1. The summed E-state index contributed by atoms with van der Waals surface area (Å²) in [7, 11) is -0.307. The number of carbonyl (C=O) groups is 2. The molecule has 0 N–H and O–H groups in total. The second-order valence-corrected chi connectivity index (χ2v) is 10.8. The predicted octanol–water partition coefficient (Wildman–Crippen LogP) is 3.10. The fraction of sp³-hybridized carbons (Fsp3) is 0.294. The van der Waals surface area contributed by atoms with Crippen LogP contribution in [0.1, 0.15) is 5.56 Å². The van der Waals surface area contributed by atoms with Crippen LogP contribution in [0.3, 0.4) is 0 Å². The van der Waals surface area contributed by atoms with E-state index in [1.165, 1.54) is 12.0 Å². The van der Waals surface area contributed by atoms with Gasteiger partial charge in [0.25, 0.3) is 0 Å². The average Bonchev–Trinajstić information content (AvgIpc) is 2.49. The maximum atomic E-state index is 12.2. The maximum absolute atomic E-state index is 12.2. The lowest BCUT2D eigenvalue weighted by molar-refractivity contribution is -0.105. The second-order valence-electron chi connectivity index (χ2n) is 6.08. The summed E-state index contributed by atoms with van der Waals surface area (Å²) in [6.45, 7) is 6.34. The Morgan fingerprint density at radius 3 is 2.59 bits per heavy atom. The molecule has 0 saturated carbocycles. The molecular weight excluding hydrogens is 294 g/mol. The van der Waals surface area contributed by atoms with E-state index in [1.54, 1.807) is 6.08 Å². The SMILES string of the molecule is COC(=O)N1c2ccccc2C=C(C=O)[C@H]1C#C[Si](C)(C)C. The summed E-state index contributed by atoms with van der Waals surface area (Å²) in [5, 5.41) is 0. The van der Waals surface area contributed by atoms with E-state index < -0.39 is 20.2 Å². The van der Waals surface area contributed by atoms with E-state index >= 15 is 0 Å². The molecule has 1 aromatic carbocycles. The lowest BCUT2D eigenvalue weighted by atomic mass is 9.97. The Bertz CT molecular complexity index is 692. The van der Waals surface area contributed by atoms with Gasteiger partial charge < -0.3 is 4.74 Å². The molecule has 114 valence electrons. The summed E-state index contributed by atoms with van der Waals surface area (Å²) in [5.74, 6) is 3.11. The number of anilines is 1. The van der Waals surface area contributed by atoms with E-state index in [4.69, 9.17) is 4.74 Å². The number of benzene rings is 1. The van der Waals surface area contributed by atoms with Gasteiger partial charge in [-0.15, -0.1) is 5.54 Å². The zero-order chi connectivity index (χ0) is 16.3. The number of carbonyl (C=O) groups excluding carboxylic acids is 2. The van der Waals surface area contributed by atoms with E-state index in [1.807, 2.05) is 24.3 Å². The van der Waals surface area contributed by atoms with Crippen molar-refractivity contribution < 1.29 is 14.3 Å². The Kier molecular flexibility index (Phi) is 4.53. The predicted molar refractivity (Wildman–Crippen MR) is 90.3 cm³/mol. The fourth-order valence-corrected chi connectivity index (χ4v) is 2.78. The van der Waals surface area contributed by atoms with Gasteiger partial charge in [0, 0.05) is 5.57 Å². The van der Waals surface area contributed by atoms with Crippen molar-refractivity contribution in [3.8, 4) is 11.5 Å². The molecule has 5 heteroatoms. The number of amides is 1. The van der Waals surface area contributed by atoms with Gasteiger partial charge in [0.2, 0.25) is 0 Å². The molecule has 0 aliphatic carbocycles. The highest BCUT2D eigenvalue weighted by Gasteiger charge is 2.32. The Balaban J connectivity index is 2.60. The van der Waals surface area contributed by atoms with Crippen LogP contribution in [0.2, 0.25) is 19.6 Å². The molecule has 0 aromatic heterocycles. The highest BCUT2D eigenvalue weighted by molar-refractivity contribution is 6.83. The van der Waals surface area contributed by atoms with E-state index in [-0.39, 0.29) is 0 Å². The second kappa shape index (κ2) is 6.20. The van der Waals surface area contributed by atoms with Crippen LogP contribution in [0.5, 0.6) is 0 Å². The van der Waals surface area contributed by atoms with Crippen molar-refractivity contribution in [3.05, 3.63) is 35.4 Å². The molecule has 2 rings (SSSR count). The van der Waals surface area contributed by atoms with Gasteiger partial charge in [0.05, 0.1) is 12.8 Å². The zero-order valence-electron chi connectivity index (χ0n) is 13.2. The number of ether oxygens (including phenoxy) is 1. The van der Waals surface area contributed by atoms with Gasteiger partial charge in [-0.05, 0) is 17.7 Å². The first-order valence-electron chi connectivity index (χ1n) is 7.03. The van der Waals surface area contributed by atoms with Gasteiger partial charge >= 0.3 is 6.09 Å². The number of hydrogen-bond acceptors (Lipinski definition) is 3. The first-order chi connectivity index (χ1) is 10.4. The molecular formula is C17H19NO3Si. The summed E-state index contributed by atoms with van der Waals surface area (Å²) in [6, 6.07) is 6.79. The smallest absolute Gasteiger partial charge is 0.415 e. The van der Waals surface area contributed by atoms with E-state index in [0.717, 1.165) is 11.8 Å². The highest BCUT2D eigenvalue weighted by Crippen LogP contribution is 2.32. The summed E-state index contributed by atoms with van der Waals surface area (Å²) in [4.78, 5) is 25.1. The Morgan fingerprint density at radius 2 is 2.00 bits per heavy atom. The molecule has 0 spiro atoms. The molecule has 0 fully saturated rings. The van der Waals surface area contributed by atoms with E-state index in [0.29, 0.717) is 11.3 Å². The molecule has 1 aliphatic heterocycles. The molecule has 1 amide bonds. The van der Waals surface area contributed by atoms with Crippen molar-refractivity contribution in [3.63, 3.8) is 0 Å². The van der Waals surface area contributed by atoms with Gasteiger partial charge in [-0.3, -0.25) is 9.69 Å². The summed E-state index contributed by atoms with van der Waals surface area (Å²) < 4.78 is 4.89. The average molecular weight is 313 g/mol. The molecule has 4 nitrogen and oxygen atoms in total. The molecule has 0 bridgehead atoms.